The molecule has 0 bridgehead atoms. The Hall–Kier alpha value is -0.160. The number of hydrogen-bond acceptors (Lipinski definition) is 4. The van der Waals surface area contributed by atoms with E-state index in [1.807, 2.05) is 0 Å². The molecular weight excluding hydrogens is 250 g/mol. The van der Waals surface area contributed by atoms with Crippen LogP contribution in [0.15, 0.2) is 0 Å². The summed E-state index contributed by atoms with van der Waals surface area (Å²) in [7, 11) is 2.15. The summed E-state index contributed by atoms with van der Waals surface area (Å²) < 4.78 is 5.87. The van der Waals surface area contributed by atoms with E-state index in [0.717, 1.165) is 32.2 Å². The number of likely N-dealkylation sites (N-methyl/N-ethyl adjacent to an activating group) is 1. The molecule has 0 aromatic heterocycles. The fourth-order valence-electron chi connectivity index (χ4n) is 3.06. The van der Waals surface area contributed by atoms with Crippen LogP contribution in [0.2, 0.25) is 0 Å². The zero-order chi connectivity index (χ0) is 14.4. The lowest BCUT2D eigenvalue weighted by Crippen LogP contribution is -2.51. The molecule has 0 N–H and O–H groups in total. The molecule has 0 radical (unpaired) electrons. The Kier molecular flexibility index (Phi) is 6.75. The standard InChI is InChI=1S/C16H33N3O/c1-15(2)5-4-6-18-7-9-19(10-8-18)11-12-20-16-13-17(3)14-16/h15-16H,4-14H2,1-3H3. The average Bonchev–Trinajstić information content (AvgIpc) is 2.38. The molecule has 2 rings (SSSR count). The van der Waals surface area contributed by atoms with Gasteiger partial charge in [0.2, 0.25) is 0 Å². The van der Waals surface area contributed by atoms with E-state index in [2.05, 4.69) is 35.6 Å². The van der Waals surface area contributed by atoms with E-state index in [1.165, 1.54) is 45.6 Å². The fraction of sp³-hybridized carbons (Fsp3) is 1.00. The Morgan fingerprint density at radius 1 is 1.00 bits per heavy atom. The molecular formula is C16H33N3O. The Morgan fingerprint density at radius 3 is 2.15 bits per heavy atom. The van der Waals surface area contributed by atoms with Crippen molar-refractivity contribution in [2.75, 3.05) is 66.0 Å². The maximum Gasteiger partial charge on any atom is 0.0829 e. The van der Waals surface area contributed by atoms with E-state index in [1.54, 1.807) is 0 Å². The van der Waals surface area contributed by atoms with Crippen molar-refractivity contribution >= 4 is 0 Å². The van der Waals surface area contributed by atoms with Gasteiger partial charge in [0.25, 0.3) is 0 Å². The maximum absolute atomic E-state index is 5.87. The summed E-state index contributed by atoms with van der Waals surface area (Å²) >= 11 is 0. The van der Waals surface area contributed by atoms with Crippen LogP contribution in [0.4, 0.5) is 0 Å². The van der Waals surface area contributed by atoms with E-state index in [9.17, 15) is 0 Å². The largest absolute Gasteiger partial charge is 0.374 e. The molecule has 0 aromatic carbocycles. The van der Waals surface area contributed by atoms with Crippen molar-refractivity contribution in [3.05, 3.63) is 0 Å². The zero-order valence-electron chi connectivity index (χ0n) is 13.7. The summed E-state index contributed by atoms with van der Waals surface area (Å²) in [6.07, 6.45) is 3.22. The van der Waals surface area contributed by atoms with Crippen molar-refractivity contribution in [1.82, 2.24) is 14.7 Å². The first kappa shape index (κ1) is 16.2. The second-order valence-corrected chi connectivity index (χ2v) is 6.93. The Balaban J connectivity index is 1.46. The van der Waals surface area contributed by atoms with Crippen LogP contribution in [0.3, 0.4) is 0 Å². The minimum absolute atomic E-state index is 0.498. The minimum Gasteiger partial charge on any atom is -0.374 e. The van der Waals surface area contributed by atoms with Gasteiger partial charge in [-0.05, 0) is 32.4 Å². The predicted octanol–water partition coefficient (Wildman–Crippen LogP) is 1.37. The number of hydrogen-bond donors (Lipinski definition) is 0. The number of rotatable bonds is 8. The predicted molar refractivity (Wildman–Crippen MR) is 84.2 cm³/mol. The van der Waals surface area contributed by atoms with Crippen LogP contribution in [0, 0.1) is 5.92 Å². The summed E-state index contributed by atoms with van der Waals surface area (Å²) in [5.41, 5.74) is 0. The molecule has 2 aliphatic rings. The van der Waals surface area contributed by atoms with Crippen LogP contribution in [-0.2, 0) is 4.74 Å². The molecule has 118 valence electrons. The minimum atomic E-state index is 0.498. The van der Waals surface area contributed by atoms with Gasteiger partial charge in [-0.1, -0.05) is 13.8 Å². The molecule has 0 spiro atoms. The normalized spacial score (nSPS) is 23.4. The van der Waals surface area contributed by atoms with Gasteiger partial charge in [-0.15, -0.1) is 0 Å². The van der Waals surface area contributed by atoms with Crippen molar-refractivity contribution in [3.8, 4) is 0 Å². The first-order valence-electron chi connectivity index (χ1n) is 8.38. The van der Waals surface area contributed by atoms with Gasteiger partial charge in [0.1, 0.15) is 0 Å². The first-order chi connectivity index (χ1) is 9.63. The van der Waals surface area contributed by atoms with E-state index in [-0.39, 0.29) is 0 Å². The monoisotopic (exact) mass is 283 g/mol. The van der Waals surface area contributed by atoms with Crippen molar-refractivity contribution in [1.29, 1.82) is 0 Å². The SMILES string of the molecule is CC(C)CCCN1CCN(CCOC2CN(C)C2)CC1. The number of likely N-dealkylation sites (tertiary alicyclic amines) is 1. The van der Waals surface area contributed by atoms with Gasteiger partial charge in [-0.25, -0.2) is 0 Å². The molecule has 20 heavy (non-hydrogen) atoms. The van der Waals surface area contributed by atoms with Gasteiger partial charge in [0.05, 0.1) is 12.7 Å². The van der Waals surface area contributed by atoms with E-state index >= 15 is 0 Å². The third-order valence-corrected chi connectivity index (χ3v) is 4.51. The molecule has 0 unspecified atom stereocenters. The Morgan fingerprint density at radius 2 is 1.60 bits per heavy atom. The van der Waals surface area contributed by atoms with Crippen molar-refractivity contribution in [3.63, 3.8) is 0 Å². The lowest BCUT2D eigenvalue weighted by atomic mass is 10.1. The third-order valence-electron chi connectivity index (χ3n) is 4.51. The van der Waals surface area contributed by atoms with Gasteiger partial charge >= 0.3 is 0 Å². The number of ether oxygens (including phenoxy) is 1. The van der Waals surface area contributed by atoms with Gasteiger partial charge in [-0.2, -0.15) is 0 Å². The van der Waals surface area contributed by atoms with Crippen LogP contribution in [0.1, 0.15) is 26.7 Å². The third kappa shape index (κ3) is 5.68. The number of piperazine rings is 1. The zero-order valence-corrected chi connectivity index (χ0v) is 13.7. The fourth-order valence-corrected chi connectivity index (χ4v) is 3.06. The molecule has 4 nitrogen and oxygen atoms in total. The highest BCUT2D eigenvalue weighted by atomic mass is 16.5. The Bertz CT molecular complexity index is 258. The molecule has 4 heteroatoms. The molecule has 0 amide bonds. The highest BCUT2D eigenvalue weighted by Gasteiger charge is 2.24. The quantitative estimate of drug-likeness (QED) is 0.670. The molecule has 0 atom stereocenters. The molecule has 2 saturated heterocycles. The van der Waals surface area contributed by atoms with Gasteiger partial charge in [0, 0.05) is 45.8 Å². The smallest absolute Gasteiger partial charge is 0.0829 e. The van der Waals surface area contributed by atoms with Crippen molar-refractivity contribution < 1.29 is 4.74 Å². The molecule has 0 aliphatic carbocycles. The Labute approximate surface area is 125 Å². The summed E-state index contributed by atoms with van der Waals surface area (Å²) in [5, 5.41) is 0. The van der Waals surface area contributed by atoms with Crippen LogP contribution in [-0.4, -0.2) is 86.8 Å². The van der Waals surface area contributed by atoms with Gasteiger partial charge in [0.15, 0.2) is 0 Å². The van der Waals surface area contributed by atoms with Crippen LogP contribution in [0.25, 0.3) is 0 Å². The summed E-state index contributed by atoms with van der Waals surface area (Å²) in [6, 6.07) is 0. The van der Waals surface area contributed by atoms with Gasteiger partial charge in [-0.3, -0.25) is 4.90 Å². The summed E-state index contributed by atoms with van der Waals surface area (Å²) in [5.74, 6) is 0.846. The molecule has 0 aromatic rings. The highest BCUT2D eigenvalue weighted by Crippen LogP contribution is 2.10. The van der Waals surface area contributed by atoms with Gasteiger partial charge < -0.3 is 14.5 Å². The second kappa shape index (κ2) is 8.32. The number of nitrogens with zero attached hydrogens (tertiary/aromatic N) is 3. The van der Waals surface area contributed by atoms with E-state index < -0.39 is 0 Å². The van der Waals surface area contributed by atoms with Crippen molar-refractivity contribution in [2.24, 2.45) is 5.92 Å². The van der Waals surface area contributed by atoms with Crippen molar-refractivity contribution in [2.45, 2.75) is 32.8 Å². The van der Waals surface area contributed by atoms with Crippen LogP contribution in [0.5, 0.6) is 0 Å². The molecule has 2 heterocycles. The van der Waals surface area contributed by atoms with E-state index in [0.29, 0.717) is 6.10 Å². The molecule has 0 saturated carbocycles. The summed E-state index contributed by atoms with van der Waals surface area (Å²) in [6.45, 7) is 15.1. The lowest BCUT2D eigenvalue weighted by Gasteiger charge is -2.37. The first-order valence-corrected chi connectivity index (χ1v) is 8.38. The summed E-state index contributed by atoms with van der Waals surface area (Å²) in [4.78, 5) is 7.49. The topological polar surface area (TPSA) is 19.0 Å². The van der Waals surface area contributed by atoms with Crippen LogP contribution >= 0.6 is 0 Å². The van der Waals surface area contributed by atoms with Crippen LogP contribution < -0.4 is 0 Å². The molecule has 2 aliphatic heterocycles. The molecule has 2 fully saturated rings. The van der Waals surface area contributed by atoms with E-state index in [4.69, 9.17) is 4.74 Å². The average molecular weight is 283 g/mol. The lowest BCUT2D eigenvalue weighted by molar-refractivity contribution is -0.0510. The second-order valence-electron chi connectivity index (χ2n) is 6.93. The highest BCUT2D eigenvalue weighted by molar-refractivity contribution is 4.78. The maximum atomic E-state index is 5.87.